The van der Waals surface area contributed by atoms with Crippen molar-refractivity contribution in [1.29, 1.82) is 0 Å². The van der Waals surface area contributed by atoms with Crippen LogP contribution in [0.1, 0.15) is 58.3 Å². The molecule has 1 saturated carbocycles. The summed E-state index contributed by atoms with van der Waals surface area (Å²) in [5.74, 6) is 0.969. The molecule has 0 spiro atoms. The molecule has 3 heteroatoms. The minimum atomic E-state index is -0.262. The number of nitrogens with zero attached hydrogens (tertiary/aromatic N) is 1. The summed E-state index contributed by atoms with van der Waals surface area (Å²) in [6.45, 7) is 3.03. The van der Waals surface area contributed by atoms with Gasteiger partial charge in [0.05, 0.1) is 6.04 Å². The van der Waals surface area contributed by atoms with E-state index in [1.807, 2.05) is 0 Å². The highest BCUT2D eigenvalue weighted by Crippen LogP contribution is 2.35. The fourth-order valence-corrected chi connectivity index (χ4v) is 3.55. The molecule has 1 heterocycles. The van der Waals surface area contributed by atoms with Gasteiger partial charge in [0.15, 0.2) is 0 Å². The van der Waals surface area contributed by atoms with E-state index < -0.39 is 0 Å². The molecule has 1 unspecified atom stereocenters. The summed E-state index contributed by atoms with van der Waals surface area (Å²) < 4.78 is 0. The van der Waals surface area contributed by atoms with Crippen molar-refractivity contribution in [2.45, 2.75) is 70.4 Å². The molecular weight excluding hydrogens is 212 g/mol. The normalized spacial score (nSPS) is 27.6. The lowest BCUT2D eigenvalue weighted by Gasteiger charge is -2.31. The van der Waals surface area contributed by atoms with Crippen molar-refractivity contribution in [3.63, 3.8) is 0 Å². The van der Waals surface area contributed by atoms with Crippen LogP contribution in [0.2, 0.25) is 0 Å². The van der Waals surface area contributed by atoms with Gasteiger partial charge in [-0.15, -0.1) is 0 Å². The van der Waals surface area contributed by atoms with E-state index >= 15 is 0 Å². The van der Waals surface area contributed by atoms with Crippen LogP contribution in [0.5, 0.6) is 0 Å². The summed E-state index contributed by atoms with van der Waals surface area (Å²) in [6, 6.07) is 0.245. The summed E-state index contributed by atoms with van der Waals surface area (Å²) in [4.78, 5) is 14.4. The fourth-order valence-electron chi connectivity index (χ4n) is 3.55. The molecule has 2 atom stereocenters. The van der Waals surface area contributed by atoms with Crippen LogP contribution < -0.4 is 5.73 Å². The van der Waals surface area contributed by atoms with Gasteiger partial charge < -0.3 is 10.6 Å². The fraction of sp³-hybridized carbons (Fsp3) is 0.929. The number of rotatable bonds is 4. The highest BCUT2D eigenvalue weighted by atomic mass is 16.2. The van der Waals surface area contributed by atoms with E-state index in [-0.39, 0.29) is 11.9 Å². The third-order valence-electron chi connectivity index (χ3n) is 4.44. The Morgan fingerprint density at radius 1 is 1.29 bits per heavy atom. The zero-order chi connectivity index (χ0) is 12.3. The first-order valence-electron chi connectivity index (χ1n) is 7.30. The number of carbonyl (C=O) groups excluding carboxylic acids is 1. The van der Waals surface area contributed by atoms with Crippen LogP contribution >= 0.6 is 0 Å². The van der Waals surface area contributed by atoms with E-state index in [2.05, 4.69) is 11.8 Å². The minimum absolute atomic E-state index is 0.209. The maximum absolute atomic E-state index is 12.3. The predicted octanol–water partition coefficient (Wildman–Crippen LogP) is 2.29. The second kappa shape index (κ2) is 5.85. The molecule has 1 aliphatic carbocycles. The van der Waals surface area contributed by atoms with Gasteiger partial charge in [0.2, 0.25) is 5.91 Å². The molecule has 0 aromatic rings. The molecule has 1 amide bonds. The summed E-state index contributed by atoms with van der Waals surface area (Å²) in [5, 5.41) is 0. The van der Waals surface area contributed by atoms with Crippen molar-refractivity contribution in [2.75, 3.05) is 6.54 Å². The largest absolute Gasteiger partial charge is 0.338 e. The third kappa shape index (κ3) is 2.82. The van der Waals surface area contributed by atoms with Crippen LogP contribution in [-0.4, -0.2) is 29.4 Å². The topological polar surface area (TPSA) is 46.3 Å². The van der Waals surface area contributed by atoms with Gasteiger partial charge in [0.1, 0.15) is 0 Å². The quantitative estimate of drug-likeness (QED) is 0.817. The first-order valence-corrected chi connectivity index (χ1v) is 7.30. The lowest BCUT2D eigenvalue weighted by molar-refractivity contribution is -0.134. The molecule has 0 radical (unpaired) electrons. The number of hydrogen-bond donors (Lipinski definition) is 1. The Labute approximate surface area is 105 Å². The van der Waals surface area contributed by atoms with Crippen LogP contribution in [0.3, 0.4) is 0 Å². The molecule has 3 nitrogen and oxygen atoms in total. The second-order valence-electron chi connectivity index (χ2n) is 5.68. The molecule has 2 aliphatic rings. The van der Waals surface area contributed by atoms with E-state index in [0.717, 1.165) is 25.3 Å². The average molecular weight is 238 g/mol. The van der Waals surface area contributed by atoms with Crippen LogP contribution in [0.15, 0.2) is 0 Å². The average Bonchev–Trinajstić information content (AvgIpc) is 2.98. The smallest absolute Gasteiger partial charge is 0.239 e. The molecule has 1 saturated heterocycles. The zero-order valence-electron chi connectivity index (χ0n) is 11.0. The predicted molar refractivity (Wildman–Crippen MR) is 69.6 cm³/mol. The standard InChI is InChI=1S/C14H26N2O/c1-2-6-12(15)14(17)16-10-5-9-13(16)11-7-3-4-8-11/h11-13H,2-10,15H2,1H3/t12-,13?/m0/s1. The van der Waals surface area contributed by atoms with E-state index in [1.165, 1.54) is 38.5 Å². The van der Waals surface area contributed by atoms with Crippen molar-refractivity contribution < 1.29 is 4.79 Å². The van der Waals surface area contributed by atoms with Crippen LogP contribution in [0.25, 0.3) is 0 Å². The molecule has 98 valence electrons. The Hall–Kier alpha value is -0.570. The summed E-state index contributed by atoms with van der Waals surface area (Å²) in [5.41, 5.74) is 5.98. The van der Waals surface area contributed by atoms with Crippen molar-refractivity contribution in [2.24, 2.45) is 11.7 Å². The SMILES string of the molecule is CCC[C@H](N)C(=O)N1CCCC1C1CCCC1. The molecule has 2 fully saturated rings. The molecule has 0 aromatic carbocycles. The van der Waals surface area contributed by atoms with Crippen molar-refractivity contribution in [3.8, 4) is 0 Å². The second-order valence-corrected chi connectivity index (χ2v) is 5.68. The molecule has 17 heavy (non-hydrogen) atoms. The summed E-state index contributed by atoms with van der Waals surface area (Å²) in [6.07, 6.45) is 9.53. The number of amides is 1. The number of nitrogens with two attached hydrogens (primary N) is 1. The Balaban J connectivity index is 1.96. The van der Waals surface area contributed by atoms with Crippen LogP contribution in [0, 0.1) is 5.92 Å². The van der Waals surface area contributed by atoms with Gasteiger partial charge in [-0.2, -0.15) is 0 Å². The number of likely N-dealkylation sites (tertiary alicyclic amines) is 1. The lowest BCUT2D eigenvalue weighted by Crippen LogP contribution is -2.47. The van der Waals surface area contributed by atoms with E-state index in [0.29, 0.717) is 6.04 Å². The van der Waals surface area contributed by atoms with Gasteiger partial charge in [-0.05, 0) is 38.0 Å². The molecule has 1 aliphatic heterocycles. The van der Waals surface area contributed by atoms with Crippen molar-refractivity contribution >= 4 is 5.91 Å². The monoisotopic (exact) mass is 238 g/mol. The van der Waals surface area contributed by atoms with Crippen molar-refractivity contribution in [1.82, 2.24) is 4.90 Å². The lowest BCUT2D eigenvalue weighted by atomic mass is 9.95. The molecule has 0 aromatic heterocycles. The Morgan fingerprint density at radius 3 is 2.65 bits per heavy atom. The van der Waals surface area contributed by atoms with Gasteiger partial charge >= 0.3 is 0 Å². The Kier molecular flexibility index (Phi) is 4.43. The van der Waals surface area contributed by atoms with E-state index in [4.69, 9.17) is 5.73 Å². The summed E-state index contributed by atoms with van der Waals surface area (Å²) in [7, 11) is 0. The van der Waals surface area contributed by atoms with Gasteiger partial charge in [0, 0.05) is 12.6 Å². The number of hydrogen-bond acceptors (Lipinski definition) is 2. The first-order chi connectivity index (χ1) is 8.24. The molecule has 2 N–H and O–H groups in total. The maximum atomic E-state index is 12.3. The van der Waals surface area contributed by atoms with Crippen LogP contribution in [-0.2, 0) is 4.79 Å². The van der Waals surface area contributed by atoms with Crippen molar-refractivity contribution in [3.05, 3.63) is 0 Å². The third-order valence-corrected chi connectivity index (χ3v) is 4.44. The molecule has 2 rings (SSSR count). The Bertz CT molecular complexity index is 261. The van der Waals surface area contributed by atoms with Crippen LogP contribution in [0.4, 0.5) is 0 Å². The van der Waals surface area contributed by atoms with E-state index in [1.54, 1.807) is 0 Å². The first kappa shape index (κ1) is 12.9. The van der Waals surface area contributed by atoms with E-state index in [9.17, 15) is 4.79 Å². The highest BCUT2D eigenvalue weighted by molar-refractivity contribution is 5.82. The zero-order valence-corrected chi connectivity index (χ0v) is 11.0. The number of carbonyl (C=O) groups is 1. The van der Waals surface area contributed by atoms with Gasteiger partial charge in [-0.25, -0.2) is 0 Å². The highest BCUT2D eigenvalue weighted by Gasteiger charge is 2.37. The molecular formula is C14H26N2O. The molecule has 0 bridgehead atoms. The van der Waals surface area contributed by atoms with Gasteiger partial charge in [0.25, 0.3) is 0 Å². The summed E-state index contributed by atoms with van der Waals surface area (Å²) >= 11 is 0. The maximum Gasteiger partial charge on any atom is 0.239 e. The Morgan fingerprint density at radius 2 is 2.00 bits per heavy atom. The van der Waals surface area contributed by atoms with Gasteiger partial charge in [-0.3, -0.25) is 4.79 Å². The van der Waals surface area contributed by atoms with Gasteiger partial charge in [-0.1, -0.05) is 26.2 Å². The minimum Gasteiger partial charge on any atom is -0.338 e.